The molecule has 0 saturated carbocycles. The van der Waals surface area contributed by atoms with Gasteiger partial charge in [-0.3, -0.25) is 20.2 Å². The summed E-state index contributed by atoms with van der Waals surface area (Å²) >= 11 is 8.72. The minimum Gasteiger partial charge on any atom is -0.399 e. The van der Waals surface area contributed by atoms with E-state index in [9.17, 15) is 20.2 Å². The fraction of sp³-hybridized carbons (Fsp3) is 0.0642. The monoisotopic (exact) mass is 1730 g/mol. The maximum atomic E-state index is 12.0. The lowest BCUT2D eigenvalue weighted by molar-refractivity contribution is -0.385. The van der Waals surface area contributed by atoms with Crippen molar-refractivity contribution in [3.05, 3.63) is 430 Å². The highest BCUT2D eigenvalue weighted by Gasteiger charge is 2.52. The second-order valence-electron chi connectivity index (χ2n) is 31.6. The molecule has 1 saturated heterocycles. The van der Waals surface area contributed by atoms with Crippen molar-refractivity contribution in [1.82, 2.24) is 0 Å². The lowest BCUT2D eigenvalue weighted by Gasteiger charge is -2.32. The van der Waals surface area contributed by atoms with E-state index in [-0.39, 0.29) is 34.6 Å². The number of nitro benzene ring substituents is 2. The van der Waals surface area contributed by atoms with Crippen LogP contribution in [0.3, 0.4) is 0 Å². The summed E-state index contributed by atoms with van der Waals surface area (Å²) in [5.74, 6) is 0. The highest BCUT2D eigenvalue weighted by molar-refractivity contribution is 9.10. The van der Waals surface area contributed by atoms with E-state index in [1.54, 1.807) is 29.5 Å². The first-order valence-corrected chi connectivity index (χ1v) is 45.5. The molecule has 23 rings (SSSR count). The minimum absolute atomic E-state index is 0.0830. The molecule has 2 aliphatic rings. The Morgan fingerprint density at radius 3 is 1.15 bits per heavy atom. The Labute approximate surface area is 734 Å². The van der Waals surface area contributed by atoms with E-state index in [1.807, 2.05) is 108 Å². The van der Waals surface area contributed by atoms with Crippen molar-refractivity contribution in [2.24, 2.45) is 0 Å². The van der Waals surface area contributed by atoms with Gasteiger partial charge in [0, 0.05) is 79.1 Å². The van der Waals surface area contributed by atoms with Crippen LogP contribution in [0.5, 0.6) is 0 Å². The van der Waals surface area contributed by atoms with Gasteiger partial charge in [-0.1, -0.05) is 322 Å². The molecule has 14 heteroatoms. The predicted molar refractivity (Wildman–Crippen MR) is 529 cm³/mol. The van der Waals surface area contributed by atoms with Gasteiger partial charge >= 0.3 is 7.12 Å². The largest absolute Gasteiger partial charge is 0.495 e. The van der Waals surface area contributed by atoms with Gasteiger partial charge in [-0.2, -0.15) is 0 Å². The van der Waals surface area contributed by atoms with Crippen LogP contribution >= 0.6 is 57.9 Å². The molecule has 21 aromatic rings. The first-order chi connectivity index (χ1) is 60.1. The molecular weight excluding hydrogens is 1650 g/mol. The van der Waals surface area contributed by atoms with E-state index < -0.39 is 12.8 Å². The maximum absolute atomic E-state index is 12.0. The zero-order valence-electron chi connectivity index (χ0n) is 67.7. The normalized spacial score (nSPS) is 13.0. The van der Waals surface area contributed by atoms with Crippen LogP contribution in [0.1, 0.15) is 38.8 Å². The third-order valence-electron chi connectivity index (χ3n) is 23.7. The third-order valence-corrected chi connectivity index (χ3v) is 30.2. The summed E-state index contributed by atoms with van der Waals surface area (Å²) in [6.45, 7) is 8.42. The van der Waals surface area contributed by atoms with Crippen LogP contribution in [0.15, 0.2) is 399 Å². The van der Waals surface area contributed by atoms with Crippen molar-refractivity contribution in [2.75, 3.05) is 0 Å². The molecule has 4 heterocycles. The van der Waals surface area contributed by atoms with Crippen LogP contribution in [-0.4, -0.2) is 28.2 Å². The second-order valence-corrected chi connectivity index (χ2v) is 37.9. The van der Waals surface area contributed by atoms with Gasteiger partial charge in [0.2, 0.25) is 0 Å². The van der Waals surface area contributed by atoms with Gasteiger partial charge in [0.15, 0.2) is 0 Å². The predicted octanol–water partition coefficient (Wildman–Crippen LogP) is 29.9. The van der Waals surface area contributed by atoms with Crippen LogP contribution < -0.4 is 21.4 Å². The van der Waals surface area contributed by atoms with E-state index in [2.05, 4.69) is 329 Å². The van der Waals surface area contributed by atoms with Crippen molar-refractivity contribution in [3.8, 4) is 55.6 Å². The molecule has 0 radical (unpaired) electrons. The van der Waals surface area contributed by atoms with Crippen LogP contribution in [0, 0.1) is 20.2 Å². The summed E-state index contributed by atoms with van der Waals surface area (Å²) in [5.41, 5.74) is 14.6. The quantitative estimate of drug-likeness (QED) is 0.0585. The Balaban J connectivity index is 0.000000103. The number of hydrogen-bond acceptors (Lipinski definition) is 9. The average Bonchev–Trinajstić information content (AvgIpc) is 1.56. The summed E-state index contributed by atoms with van der Waals surface area (Å²) < 4.78 is 21.0. The fourth-order valence-electron chi connectivity index (χ4n) is 17.1. The molecule has 594 valence electrons. The zero-order chi connectivity index (χ0) is 83.9. The first-order valence-electron chi connectivity index (χ1n) is 40.9. The van der Waals surface area contributed by atoms with Gasteiger partial charge < -0.3 is 9.31 Å². The number of fused-ring (bicyclic) bond motifs is 20. The Hall–Kier alpha value is -12.9. The lowest BCUT2D eigenvalue weighted by atomic mass is 9.75. The van der Waals surface area contributed by atoms with E-state index >= 15 is 0 Å². The summed E-state index contributed by atoms with van der Waals surface area (Å²) in [5, 5.41) is 42.1. The smallest absolute Gasteiger partial charge is 0.399 e. The van der Waals surface area contributed by atoms with Gasteiger partial charge in [0.1, 0.15) is 0 Å². The van der Waals surface area contributed by atoms with Gasteiger partial charge in [0.05, 0.1) is 31.1 Å². The second kappa shape index (κ2) is 34.2. The molecule has 0 N–H and O–H groups in total. The van der Waals surface area contributed by atoms with Crippen LogP contribution in [-0.2, 0) is 15.7 Å². The summed E-state index contributed by atoms with van der Waals surface area (Å²) in [7, 11) is -0.794. The maximum Gasteiger partial charge on any atom is 0.495 e. The summed E-state index contributed by atoms with van der Waals surface area (Å²) in [4.78, 5) is 21.9. The molecule has 0 amide bonds. The number of benzene rings is 18. The SMILES string of the molecule is CC1(C)OB(c2cc3sc4ccccc4c3c3ccccc23)OC1(C)C.O=[N+]([O-])c1ccc(-c2ccccc2)cc1-c1cc2sc3ccccc3c2c2ccccc12.O=[N+]([O-])c1ccc(-c2ccccc2)cc1Br.c1ccc(-c2ccc3c(c2)-c2c(c4sc5ccccc5c4c4ccccc24)C3)cc1.c1ccc(P(c2ccccc2)c2ccccc2)cc1. The molecule has 1 aliphatic heterocycles. The number of nitro groups is 2. The van der Waals surface area contributed by atoms with E-state index in [0.717, 1.165) is 55.2 Å². The Morgan fingerprint density at radius 1 is 0.325 bits per heavy atom. The van der Waals surface area contributed by atoms with Gasteiger partial charge in [-0.05, 0) is 227 Å². The first kappa shape index (κ1) is 79.9. The van der Waals surface area contributed by atoms with Crippen molar-refractivity contribution >= 4 is 191 Å². The molecule has 18 aromatic carbocycles. The van der Waals surface area contributed by atoms with E-state index in [0.29, 0.717) is 10.0 Å². The molecule has 3 aromatic heterocycles. The van der Waals surface area contributed by atoms with Crippen molar-refractivity contribution in [1.29, 1.82) is 0 Å². The third kappa shape index (κ3) is 15.6. The van der Waals surface area contributed by atoms with Crippen LogP contribution in [0.4, 0.5) is 11.4 Å². The molecule has 1 aliphatic carbocycles. The molecule has 8 nitrogen and oxygen atoms in total. The highest BCUT2D eigenvalue weighted by atomic mass is 79.9. The van der Waals surface area contributed by atoms with Gasteiger partial charge in [0.25, 0.3) is 11.4 Å². The number of hydrogen-bond donors (Lipinski definition) is 0. The van der Waals surface area contributed by atoms with Gasteiger partial charge in [-0.15, -0.1) is 34.0 Å². The zero-order valence-corrected chi connectivity index (χ0v) is 72.6. The molecule has 0 bridgehead atoms. The number of thiophene rings is 3. The summed E-state index contributed by atoms with van der Waals surface area (Å²) in [6.07, 6.45) is 1.02. The van der Waals surface area contributed by atoms with E-state index in [1.165, 1.54) is 133 Å². The number of halogens is 1. The number of rotatable bonds is 10. The molecule has 1 fully saturated rings. The van der Waals surface area contributed by atoms with Crippen LogP contribution in [0.2, 0.25) is 0 Å². The standard InChI is InChI=1S/C29H18S.C28H17NO2S.C22H21BO2S.C18H15P.C12H8BrNO2/c1-2-8-18(9-3-1)19-14-15-20-17-25-27(24(20)16-19)21-10-4-5-11-22(21)28-23-12-6-7-13-26(23)30-29(25)28;30-29(31)25-15-14-19(18-8-2-1-3-9-18)16-24(25)23-17-27-28(21-11-5-4-10-20(21)23)22-12-6-7-13-26(22)32-27;1-21(2)22(3,4)25-23(24-21)17-13-19-20(15-10-6-5-9-14(15)17)16-11-7-8-12-18(16)26-19;1-4-10-16(11-5-1)19(17-12-6-2-7-13-17)18-14-8-3-9-15-18;13-11-8-10(6-7-12(11)14(15)16)9-4-2-1-3-5-9/h1-16H,17H2;1-17H;5-13H,1-4H3;1-15H;1-8H. The Kier molecular flexibility index (Phi) is 22.2. The fourth-order valence-corrected chi connectivity index (χ4v) is 23.5. The number of nitrogens with zero attached hydrogens (tertiary/aromatic N) is 2. The topological polar surface area (TPSA) is 105 Å². The van der Waals surface area contributed by atoms with Crippen molar-refractivity contribution < 1.29 is 19.2 Å². The van der Waals surface area contributed by atoms with Crippen LogP contribution in [0.25, 0.3) is 148 Å². The molecule has 123 heavy (non-hydrogen) atoms. The lowest BCUT2D eigenvalue weighted by Crippen LogP contribution is -2.41. The molecule has 0 spiro atoms. The average molecular weight is 1730 g/mol. The Morgan fingerprint density at radius 2 is 0.683 bits per heavy atom. The summed E-state index contributed by atoms with van der Waals surface area (Å²) in [6, 6.07) is 136. The van der Waals surface area contributed by atoms with Crippen molar-refractivity contribution in [2.45, 2.75) is 45.3 Å². The minimum atomic E-state index is -0.446. The van der Waals surface area contributed by atoms with Crippen molar-refractivity contribution in [3.63, 3.8) is 0 Å². The molecule has 0 atom stereocenters. The Bertz CT molecular complexity index is 7470. The van der Waals surface area contributed by atoms with E-state index in [4.69, 9.17) is 9.31 Å². The molecule has 0 unspecified atom stereocenters. The highest BCUT2D eigenvalue weighted by Crippen LogP contribution is 2.52. The molecular formula is C109H79BBrN2O6PS3. The van der Waals surface area contributed by atoms with Gasteiger partial charge in [-0.25, -0.2) is 0 Å².